The molecular weight excluding hydrogens is 376 g/mol. The van der Waals surface area contributed by atoms with E-state index in [0.29, 0.717) is 6.42 Å². The Morgan fingerprint density at radius 3 is 2.84 bits per heavy atom. The van der Waals surface area contributed by atoms with Gasteiger partial charge in [-0.05, 0) is 44.8 Å². The standard InChI is InChI=1S/C11H14Br2N6/c1-2-19-10(16-6-17-19)4-9(18-14)11-8(13)3-7(12)5-15-11/h3,5-6,9,18H,2,4,14H2,1H3. The van der Waals surface area contributed by atoms with Gasteiger partial charge in [-0.15, -0.1) is 0 Å². The Hall–Kier alpha value is -0.830. The van der Waals surface area contributed by atoms with Gasteiger partial charge in [0, 0.05) is 28.1 Å². The largest absolute Gasteiger partial charge is 0.271 e. The first-order valence-electron chi connectivity index (χ1n) is 5.79. The number of halogens is 2. The van der Waals surface area contributed by atoms with E-state index in [4.69, 9.17) is 5.84 Å². The summed E-state index contributed by atoms with van der Waals surface area (Å²) < 4.78 is 3.65. The van der Waals surface area contributed by atoms with E-state index in [2.05, 4.69) is 52.4 Å². The van der Waals surface area contributed by atoms with Gasteiger partial charge in [0.25, 0.3) is 0 Å². The zero-order chi connectivity index (χ0) is 13.8. The number of pyridine rings is 1. The van der Waals surface area contributed by atoms with E-state index in [1.54, 1.807) is 12.5 Å². The van der Waals surface area contributed by atoms with Crippen LogP contribution in [0.3, 0.4) is 0 Å². The molecule has 0 spiro atoms. The monoisotopic (exact) mass is 388 g/mol. The molecular formula is C11H14Br2N6. The molecule has 1 atom stereocenters. The van der Waals surface area contributed by atoms with Crippen LogP contribution in [0.2, 0.25) is 0 Å². The fraction of sp³-hybridized carbons (Fsp3) is 0.364. The van der Waals surface area contributed by atoms with Gasteiger partial charge in [0.05, 0.1) is 11.7 Å². The maximum atomic E-state index is 5.64. The molecule has 2 aromatic heterocycles. The van der Waals surface area contributed by atoms with Crippen LogP contribution in [0.5, 0.6) is 0 Å². The quantitative estimate of drug-likeness (QED) is 0.603. The van der Waals surface area contributed by atoms with Crippen molar-refractivity contribution < 1.29 is 0 Å². The van der Waals surface area contributed by atoms with E-state index < -0.39 is 0 Å². The first kappa shape index (κ1) is 14.6. The summed E-state index contributed by atoms with van der Waals surface area (Å²) in [5.74, 6) is 6.52. The average molecular weight is 390 g/mol. The number of nitrogens with zero attached hydrogens (tertiary/aromatic N) is 4. The second-order valence-corrected chi connectivity index (χ2v) is 5.71. The Morgan fingerprint density at radius 2 is 2.21 bits per heavy atom. The smallest absolute Gasteiger partial charge is 0.138 e. The van der Waals surface area contributed by atoms with E-state index >= 15 is 0 Å². The zero-order valence-corrected chi connectivity index (χ0v) is 13.5. The molecule has 0 saturated carbocycles. The van der Waals surface area contributed by atoms with Crippen LogP contribution in [0.15, 0.2) is 27.5 Å². The third-order valence-electron chi connectivity index (χ3n) is 2.75. The molecule has 0 aliphatic rings. The van der Waals surface area contributed by atoms with Gasteiger partial charge in [0.2, 0.25) is 0 Å². The Kier molecular flexibility index (Phi) is 5.03. The van der Waals surface area contributed by atoms with Gasteiger partial charge in [-0.2, -0.15) is 5.10 Å². The van der Waals surface area contributed by atoms with Crippen LogP contribution in [0.1, 0.15) is 24.5 Å². The fourth-order valence-electron chi connectivity index (χ4n) is 1.81. The van der Waals surface area contributed by atoms with Gasteiger partial charge in [0.1, 0.15) is 12.2 Å². The van der Waals surface area contributed by atoms with E-state index in [1.165, 1.54) is 0 Å². The Balaban J connectivity index is 2.25. The molecule has 0 fully saturated rings. The number of hydrogen-bond acceptors (Lipinski definition) is 5. The van der Waals surface area contributed by atoms with Crippen LogP contribution < -0.4 is 11.3 Å². The lowest BCUT2D eigenvalue weighted by atomic mass is 10.1. The van der Waals surface area contributed by atoms with E-state index in [-0.39, 0.29) is 6.04 Å². The minimum atomic E-state index is -0.128. The molecule has 3 N–H and O–H groups in total. The van der Waals surface area contributed by atoms with Crippen molar-refractivity contribution in [2.75, 3.05) is 0 Å². The second kappa shape index (κ2) is 6.56. The van der Waals surface area contributed by atoms with Gasteiger partial charge in [-0.3, -0.25) is 20.9 Å². The number of nitrogens with one attached hydrogen (secondary N) is 1. The van der Waals surface area contributed by atoms with Crippen molar-refractivity contribution in [2.24, 2.45) is 5.84 Å². The molecule has 8 heteroatoms. The highest BCUT2D eigenvalue weighted by molar-refractivity contribution is 9.11. The maximum absolute atomic E-state index is 5.64. The van der Waals surface area contributed by atoms with Crippen LogP contribution in [0.4, 0.5) is 0 Å². The summed E-state index contributed by atoms with van der Waals surface area (Å²) >= 11 is 6.88. The highest BCUT2D eigenvalue weighted by atomic mass is 79.9. The molecule has 0 radical (unpaired) electrons. The molecule has 1 unspecified atom stereocenters. The lowest BCUT2D eigenvalue weighted by molar-refractivity contribution is 0.499. The van der Waals surface area contributed by atoms with E-state index in [1.807, 2.05) is 17.7 Å². The van der Waals surface area contributed by atoms with Crippen molar-refractivity contribution in [3.63, 3.8) is 0 Å². The topological polar surface area (TPSA) is 81.7 Å². The van der Waals surface area contributed by atoms with Crippen LogP contribution in [0, 0.1) is 0 Å². The van der Waals surface area contributed by atoms with Crippen LogP contribution >= 0.6 is 31.9 Å². The number of aromatic nitrogens is 4. The van der Waals surface area contributed by atoms with Gasteiger partial charge >= 0.3 is 0 Å². The summed E-state index contributed by atoms with van der Waals surface area (Å²) in [6.45, 7) is 2.80. The highest BCUT2D eigenvalue weighted by Gasteiger charge is 2.18. The van der Waals surface area contributed by atoms with Gasteiger partial charge < -0.3 is 0 Å². The van der Waals surface area contributed by atoms with Crippen molar-refractivity contribution in [1.29, 1.82) is 0 Å². The lowest BCUT2D eigenvalue weighted by Crippen LogP contribution is -2.31. The SMILES string of the molecule is CCn1ncnc1CC(NN)c1ncc(Br)cc1Br. The number of nitrogens with two attached hydrogens (primary N) is 1. The number of aryl methyl sites for hydroxylation is 1. The van der Waals surface area contributed by atoms with Crippen molar-refractivity contribution >= 4 is 31.9 Å². The van der Waals surface area contributed by atoms with Gasteiger partial charge in [-0.25, -0.2) is 4.98 Å². The van der Waals surface area contributed by atoms with Gasteiger partial charge in [0.15, 0.2) is 0 Å². The third-order valence-corrected chi connectivity index (χ3v) is 3.82. The molecule has 2 heterocycles. The Labute approximate surface area is 128 Å². The lowest BCUT2D eigenvalue weighted by Gasteiger charge is -2.16. The average Bonchev–Trinajstić information content (AvgIpc) is 2.84. The van der Waals surface area contributed by atoms with E-state index in [0.717, 1.165) is 27.0 Å². The van der Waals surface area contributed by atoms with Gasteiger partial charge in [-0.1, -0.05) is 0 Å². The summed E-state index contributed by atoms with van der Waals surface area (Å²) in [6.07, 6.45) is 3.92. The summed E-state index contributed by atoms with van der Waals surface area (Å²) in [6, 6.07) is 1.81. The van der Waals surface area contributed by atoms with Crippen molar-refractivity contribution in [3.05, 3.63) is 39.1 Å². The predicted octanol–water partition coefficient (Wildman–Crippen LogP) is 1.97. The predicted molar refractivity (Wildman–Crippen MR) is 79.1 cm³/mol. The van der Waals surface area contributed by atoms with Crippen LogP contribution in [-0.4, -0.2) is 19.7 Å². The summed E-state index contributed by atoms with van der Waals surface area (Å²) in [5.41, 5.74) is 3.62. The molecule has 0 amide bonds. The molecule has 19 heavy (non-hydrogen) atoms. The minimum Gasteiger partial charge on any atom is -0.271 e. The Bertz CT molecular complexity index is 556. The summed E-state index contributed by atoms with van der Waals surface area (Å²) in [5, 5.41) is 4.15. The molecule has 102 valence electrons. The molecule has 2 rings (SSSR count). The molecule has 0 aromatic carbocycles. The highest BCUT2D eigenvalue weighted by Crippen LogP contribution is 2.25. The van der Waals surface area contributed by atoms with E-state index in [9.17, 15) is 0 Å². The van der Waals surface area contributed by atoms with Crippen LogP contribution in [0.25, 0.3) is 0 Å². The van der Waals surface area contributed by atoms with Crippen LogP contribution in [-0.2, 0) is 13.0 Å². The third kappa shape index (κ3) is 3.38. The van der Waals surface area contributed by atoms with Crippen molar-refractivity contribution in [2.45, 2.75) is 25.9 Å². The second-order valence-electron chi connectivity index (χ2n) is 3.94. The molecule has 0 aliphatic heterocycles. The number of hydrazine groups is 1. The number of hydrogen-bond donors (Lipinski definition) is 2. The molecule has 0 bridgehead atoms. The normalized spacial score (nSPS) is 12.6. The zero-order valence-electron chi connectivity index (χ0n) is 10.3. The summed E-state index contributed by atoms with van der Waals surface area (Å²) in [7, 11) is 0. The number of rotatable bonds is 5. The molecule has 2 aromatic rings. The Morgan fingerprint density at radius 1 is 1.42 bits per heavy atom. The molecule has 0 saturated heterocycles. The minimum absolute atomic E-state index is 0.128. The first-order chi connectivity index (χ1) is 9.15. The molecule has 0 aliphatic carbocycles. The fourth-order valence-corrected chi connectivity index (χ4v) is 3.07. The first-order valence-corrected chi connectivity index (χ1v) is 7.38. The van der Waals surface area contributed by atoms with Crippen molar-refractivity contribution in [3.8, 4) is 0 Å². The van der Waals surface area contributed by atoms with Crippen molar-refractivity contribution in [1.82, 2.24) is 25.2 Å². The summed E-state index contributed by atoms with van der Waals surface area (Å²) in [4.78, 5) is 8.64. The maximum Gasteiger partial charge on any atom is 0.138 e. The molecule has 6 nitrogen and oxygen atoms in total.